The molecule has 4 aliphatic rings. The van der Waals surface area contributed by atoms with E-state index in [4.69, 9.17) is 0 Å². The van der Waals surface area contributed by atoms with Crippen LogP contribution in [0.5, 0.6) is 0 Å². The zero-order valence-electron chi connectivity index (χ0n) is 31.4. The summed E-state index contributed by atoms with van der Waals surface area (Å²) in [6.07, 6.45) is 4.65. The predicted molar refractivity (Wildman–Crippen MR) is 244 cm³/mol. The molecule has 6 heterocycles. The van der Waals surface area contributed by atoms with Crippen LogP contribution in [-0.4, -0.2) is 22.7 Å². The average molecular weight is 734 g/mol. The Morgan fingerprint density at radius 1 is 0.345 bits per heavy atom. The quantitative estimate of drug-likeness (QED) is 0.168. The fourth-order valence-corrected chi connectivity index (χ4v) is 11.0. The topological polar surface area (TPSA) is 16.3 Å². The molecule has 0 radical (unpaired) electrons. The van der Waals surface area contributed by atoms with E-state index < -0.39 is 0 Å². The molecule has 0 atom stereocenters. The van der Waals surface area contributed by atoms with E-state index >= 15 is 0 Å². The van der Waals surface area contributed by atoms with Crippen LogP contribution in [0.2, 0.25) is 0 Å². The lowest BCUT2D eigenvalue weighted by Gasteiger charge is -2.47. The van der Waals surface area contributed by atoms with Crippen molar-refractivity contribution in [3.8, 4) is 33.4 Å². The highest BCUT2D eigenvalue weighted by molar-refractivity contribution is 6.92. The first-order chi connectivity index (χ1) is 28.8. The fraction of sp³-hybridized carbons (Fsp3) is 0. The van der Waals surface area contributed by atoms with E-state index in [0.717, 1.165) is 11.4 Å². The van der Waals surface area contributed by atoms with E-state index in [1.165, 1.54) is 99.8 Å². The van der Waals surface area contributed by atoms with Gasteiger partial charge in [-0.05, 0) is 116 Å². The molecule has 0 saturated carbocycles. The van der Waals surface area contributed by atoms with Gasteiger partial charge in [0.25, 0.3) is 0 Å². The van der Waals surface area contributed by atoms with Crippen molar-refractivity contribution in [2.75, 3.05) is 9.80 Å². The van der Waals surface area contributed by atoms with Gasteiger partial charge in [-0.2, -0.15) is 0 Å². The summed E-state index contributed by atoms with van der Waals surface area (Å²) in [5.74, 6) is 0. The Labute approximate surface area is 336 Å². The van der Waals surface area contributed by atoms with E-state index in [1.54, 1.807) is 0 Å². The summed E-state index contributed by atoms with van der Waals surface area (Å²) in [7, 11) is 0. The zero-order chi connectivity index (χ0) is 37.6. The number of nitrogens with zero attached hydrogens (tertiary/aromatic N) is 4. The minimum atomic E-state index is -0.0313. The molecule has 0 fully saturated rings. The molecule has 0 aliphatic carbocycles. The van der Waals surface area contributed by atoms with Crippen LogP contribution in [0.25, 0.3) is 55.2 Å². The van der Waals surface area contributed by atoms with E-state index in [0.29, 0.717) is 0 Å². The summed E-state index contributed by atoms with van der Waals surface area (Å²) in [6, 6.07) is 67.9. The molecule has 8 aromatic carbocycles. The third-order valence-corrected chi connectivity index (χ3v) is 13.3. The number of fused-ring (bicyclic) bond motifs is 9. The third-order valence-electron chi connectivity index (χ3n) is 13.3. The molecule has 2 aromatic heterocycles. The van der Waals surface area contributed by atoms with Gasteiger partial charge in [-0.15, -0.1) is 0 Å². The Morgan fingerprint density at radius 2 is 0.914 bits per heavy atom. The summed E-state index contributed by atoms with van der Waals surface area (Å²) in [4.78, 5) is 5.18. The van der Waals surface area contributed by atoms with Gasteiger partial charge in [-0.1, -0.05) is 133 Å². The minimum absolute atomic E-state index is 0.0294. The fourth-order valence-electron chi connectivity index (χ4n) is 11.0. The second-order valence-corrected chi connectivity index (χ2v) is 16.1. The molecule has 14 rings (SSSR count). The summed E-state index contributed by atoms with van der Waals surface area (Å²) < 4.78 is 5.12. The van der Waals surface area contributed by atoms with E-state index in [2.05, 4.69) is 213 Å². The largest absolute Gasteiger partial charge is 0.382 e. The monoisotopic (exact) mass is 734 g/mol. The lowest BCUT2D eigenvalue weighted by atomic mass is 9.41. The van der Waals surface area contributed by atoms with Gasteiger partial charge in [-0.25, -0.2) is 0 Å². The normalized spacial score (nSPS) is 13.7. The van der Waals surface area contributed by atoms with Gasteiger partial charge in [0.2, 0.25) is 0 Å². The Bertz CT molecular complexity index is 3370. The molecule has 266 valence electrons. The van der Waals surface area contributed by atoms with Crippen molar-refractivity contribution >= 4 is 91.5 Å². The Balaban J connectivity index is 1.19. The second-order valence-electron chi connectivity index (χ2n) is 16.1. The van der Waals surface area contributed by atoms with Crippen LogP contribution in [0.15, 0.2) is 194 Å². The second kappa shape index (κ2) is 11.1. The maximum Gasteiger partial charge on any atom is 0.332 e. The smallest absolute Gasteiger partial charge is 0.332 e. The summed E-state index contributed by atoms with van der Waals surface area (Å²) in [6.45, 7) is -0.0608. The van der Waals surface area contributed by atoms with Crippen LogP contribution in [-0.2, 0) is 0 Å². The number of anilines is 6. The average Bonchev–Trinajstić information content (AvgIpc) is 3.93. The summed E-state index contributed by atoms with van der Waals surface area (Å²) in [5, 5.41) is 2.54. The zero-order valence-corrected chi connectivity index (χ0v) is 31.4. The first kappa shape index (κ1) is 30.7. The molecule has 0 unspecified atom stereocenters. The molecule has 0 amide bonds. The van der Waals surface area contributed by atoms with Crippen LogP contribution >= 0.6 is 0 Å². The standard InChI is InChI=1S/C52H32B2N4/c1-4-13-33(14-5-1)36-25-26-43-46(31-36)58(38-19-8-3-9-20-38)52-48-42(41-23-11-16-35-27-29-55(50(35)41)53(43)48)32-44-51(52)57(37-17-6-2-7-18-37)45-24-12-21-39-40-22-10-15-34-28-30-56(49(34)40)54(44)47(39)45/h1-32H. The highest BCUT2D eigenvalue weighted by atomic mass is 15.2. The lowest BCUT2D eigenvalue weighted by Crippen LogP contribution is -2.61. The number of benzene rings is 8. The van der Waals surface area contributed by atoms with E-state index in [-0.39, 0.29) is 13.7 Å². The molecular formula is C52H32B2N4. The molecule has 4 aliphatic heterocycles. The molecule has 0 bridgehead atoms. The number of hydrogen-bond acceptors (Lipinski definition) is 2. The van der Waals surface area contributed by atoms with Crippen LogP contribution in [0.3, 0.4) is 0 Å². The SMILES string of the molecule is c1ccc(-c2ccc3c(c2)N(c2ccccc2)c2c4c(cc5c2N(c2ccccc2)c2cccc6c2B5n2ccc5cccc-6c52)-c2cccc5ccn(c25)B34)cc1. The van der Waals surface area contributed by atoms with Gasteiger partial charge in [-0.3, -0.25) is 0 Å². The first-order valence-electron chi connectivity index (χ1n) is 20.2. The highest BCUT2D eigenvalue weighted by Crippen LogP contribution is 2.52. The first-order valence-corrected chi connectivity index (χ1v) is 20.2. The van der Waals surface area contributed by atoms with Crippen molar-refractivity contribution in [2.45, 2.75) is 0 Å². The number of para-hydroxylation sites is 4. The van der Waals surface area contributed by atoms with Gasteiger partial charge in [0.15, 0.2) is 0 Å². The van der Waals surface area contributed by atoms with Gasteiger partial charge in [0, 0.05) is 44.9 Å². The molecule has 4 nitrogen and oxygen atoms in total. The van der Waals surface area contributed by atoms with Crippen LogP contribution in [0.4, 0.5) is 34.1 Å². The van der Waals surface area contributed by atoms with Gasteiger partial charge >= 0.3 is 13.7 Å². The van der Waals surface area contributed by atoms with Crippen molar-refractivity contribution in [3.05, 3.63) is 194 Å². The van der Waals surface area contributed by atoms with Gasteiger partial charge < -0.3 is 18.8 Å². The molecule has 10 aromatic rings. The maximum atomic E-state index is 2.59. The molecule has 0 spiro atoms. The van der Waals surface area contributed by atoms with Crippen LogP contribution < -0.4 is 31.7 Å². The maximum absolute atomic E-state index is 2.59. The van der Waals surface area contributed by atoms with Crippen molar-refractivity contribution in [1.82, 2.24) is 8.96 Å². The molecule has 0 saturated heterocycles. The number of hydrogen-bond donors (Lipinski definition) is 0. The van der Waals surface area contributed by atoms with Crippen molar-refractivity contribution < 1.29 is 0 Å². The molecule has 58 heavy (non-hydrogen) atoms. The molecular weight excluding hydrogens is 702 g/mol. The Kier molecular flexibility index (Phi) is 5.89. The lowest BCUT2D eigenvalue weighted by molar-refractivity contribution is 1.19. The summed E-state index contributed by atoms with van der Waals surface area (Å²) >= 11 is 0. The van der Waals surface area contributed by atoms with Crippen molar-refractivity contribution in [2.24, 2.45) is 0 Å². The van der Waals surface area contributed by atoms with E-state index in [1.807, 2.05) is 0 Å². The summed E-state index contributed by atoms with van der Waals surface area (Å²) in [5.41, 5.74) is 22.7. The Hall–Kier alpha value is -7.43. The number of aromatic nitrogens is 2. The Morgan fingerprint density at radius 3 is 1.59 bits per heavy atom. The third kappa shape index (κ3) is 3.82. The van der Waals surface area contributed by atoms with Crippen LogP contribution in [0.1, 0.15) is 0 Å². The molecule has 0 N–H and O–H groups in total. The predicted octanol–water partition coefficient (Wildman–Crippen LogP) is 10.1. The van der Waals surface area contributed by atoms with E-state index in [9.17, 15) is 0 Å². The molecule has 6 heteroatoms. The van der Waals surface area contributed by atoms with Crippen LogP contribution in [0, 0.1) is 0 Å². The van der Waals surface area contributed by atoms with Gasteiger partial charge in [0.1, 0.15) is 0 Å². The van der Waals surface area contributed by atoms with Crippen molar-refractivity contribution in [3.63, 3.8) is 0 Å². The van der Waals surface area contributed by atoms with Crippen molar-refractivity contribution in [1.29, 1.82) is 0 Å². The minimum Gasteiger partial charge on any atom is -0.382 e. The highest BCUT2D eigenvalue weighted by Gasteiger charge is 2.49. The number of rotatable bonds is 3. The van der Waals surface area contributed by atoms with Gasteiger partial charge in [0.05, 0.1) is 11.4 Å².